The van der Waals surface area contributed by atoms with Crippen LogP contribution in [0.1, 0.15) is 15.9 Å². The van der Waals surface area contributed by atoms with Crippen molar-refractivity contribution >= 4 is 17.3 Å². The first-order valence-corrected chi connectivity index (χ1v) is 11.7. The Kier molecular flexibility index (Phi) is 6.72. The fourth-order valence-corrected chi connectivity index (χ4v) is 4.20. The zero-order chi connectivity index (χ0) is 25.8. The monoisotopic (exact) mass is 492 g/mol. The quantitative estimate of drug-likeness (QED) is 0.229. The summed E-state index contributed by atoms with van der Waals surface area (Å²) < 4.78 is 23.4. The van der Waals surface area contributed by atoms with E-state index in [0.29, 0.717) is 51.7 Å². The van der Waals surface area contributed by atoms with Crippen LogP contribution in [0.15, 0.2) is 100 Å². The van der Waals surface area contributed by atoms with Crippen molar-refractivity contribution in [1.29, 1.82) is 0 Å². The number of carbonyl (C=O) groups excluding carboxylic acids is 1. The Bertz CT molecular complexity index is 1600. The molecular weight excluding hydrogens is 468 g/mol. The average Bonchev–Trinajstić information content (AvgIpc) is 2.96. The first-order valence-electron chi connectivity index (χ1n) is 11.7. The van der Waals surface area contributed by atoms with Gasteiger partial charge >= 0.3 is 0 Å². The predicted molar refractivity (Wildman–Crippen MR) is 143 cm³/mol. The Balaban J connectivity index is 1.59. The van der Waals surface area contributed by atoms with E-state index in [1.165, 1.54) is 13.2 Å². The van der Waals surface area contributed by atoms with E-state index in [9.17, 15) is 9.59 Å². The van der Waals surface area contributed by atoms with Crippen molar-refractivity contribution in [2.24, 2.45) is 0 Å². The fourth-order valence-electron chi connectivity index (χ4n) is 4.20. The van der Waals surface area contributed by atoms with Crippen LogP contribution in [0.3, 0.4) is 0 Å². The molecule has 0 N–H and O–H groups in total. The first-order chi connectivity index (χ1) is 18.1. The molecule has 0 aliphatic rings. The highest BCUT2D eigenvalue weighted by atomic mass is 16.5. The largest absolute Gasteiger partial charge is 0.496 e. The lowest BCUT2D eigenvalue weighted by molar-refractivity contribution is 0.112. The number of fused-ring (bicyclic) bond motifs is 1. The van der Waals surface area contributed by atoms with Gasteiger partial charge in [0, 0.05) is 23.3 Å². The molecule has 184 valence electrons. The molecule has 0 bridgehead atoms. The second-order valence-electron chi connectivity index (χ2n) is 8.37. The van der Waals surface area contributed by atoms with Crippen LogP contribution in [0.25, 0.3) is 33.4 Å². The molecule has 5 rings (SSSR count). The molecule has 1 aromatic heterocycles. The van der Waals surface area contributed by atoms with Gasteiger partial charge in [0.1, 0.15) is 41.3 Å². The maximum atomic E-state index is 13.3. The second-order valence-corrected chi connectivity index (χ2v) is 8.37. The third-order valence-electron chi connectivity index (χ3n) is 6.09. The van der Waals surface area contributed by atoms with Crippen molar-refractivity contribution in [1.82, 2.24) is 0 Å². The predicted octanol–water partition coefficient (Wildman–Crippen LogP) is 6.54. The highest BCUT2D eigenvalue weighted by Gasteiger charge is 2.21. The third-order valence-corrected chi connectivity index (χ3v) is 6.09. The summed E-state index contributed by atoms with van der Waals surface area (Å²) in [6.45, 7) is 0.455. The van der Waals surface area contributed by atoms with Gasteiger partial charge in [0.25, 0.3) is 0 Å². The van der Waals surface area contributed by atoms with Gasteiger partial charge in [0.2, 0.25) is 0 Å². The molecule has 0 radical (unpaired) electrons. The number of aldehydes is 1. The summed E-state index contributed by atoms with van der Waals surface area (Å²) in [5, 5.41) is 0.310. The average molecular weight is 493 g/mol. The van der Waals surface area contributed by atoms with E-state index in [1.54, 1.807) is 37.4 Å². The number of rotatable bonds is 8. The van der Waals surface area contributed by atoms with Crippen molar-refractivity contribution in [2.75, 3.05) is 14.2 Å². The van der Waals surface area contributed by atoms with Gasteiger partial charge in [0.15, 0.2) is 11.0 Å². The summed E-state index contributed by atoms with van der Waals surface area (Å²) in [5.74, 6) is 1.93. The van der Waals surface area contributed by atoms with Crippen LogP contribution in [0.4, 0.5) is 0 Å². The molecule has 0 amide bonds. The van der Waals surface area contributed by atoms with Crippen LogP contribution in [0.5, 0.6) is 17.2 Å². The van der Waals surface area contributed by atoms with Gasteiger partial charge in [0.05, 0.1) is 19.8 Å². The summed E-state index contributed by atoms with van der Waals surface area (Å²) >= 11 is 0. The van der Waals surface area contributed by atoms with Gasteiger partial charge in [-0.3, -0.25) is 9.59 Å². The zero-order valence-corrected chi connectivity index (χ0v) is 20.4. The summed E-state index contributed by atoms with van der Waals surface area (Å²) in [5.41, 5.74) is 3.75. The Morgan fingerprint density at radius 3 is 2.11 bits per heavy atom. The van der Waals surface area contributed by atoms with Gasteiger partial charge in [-0.1, -0.05) is 54.6 Å². The first kappa shape index (κ1) is 23.9. The number of methoxy groups -OCH3 is 2. The lowest BCUT2D eigenvalue weighted by Gasteiger charge is -2.15. The van der Waals surface area contributed by atoms with Crippen LogP contribution in [0, 0.1) is 0 Å². The smallest absolute Gasteiger partial charge is 0.197 e. The molecule has 6 heteroatoms. The van der Waals surface area contributed by atoms with E-state index in [0.717, 1.165) is 23.0 Å². The zero-order valence-electron chi connectivity index (χ0n) is 20.4. The summed E-state index contributed by atoms with van der Waals surface area (Å²) in [4.78, 5) is 24.5. The maximum absolute atomic E-state index is 13.3. The minimum Gasteiger partial charge on any atom is -0.496 e. The molecule has 5 aromatic rings. The van der Waals surface area contributed by atoms with E-state index in [2.05, 4.69) is 0 Å². The second kappa shape index (κ2) is 10.4. The van der Waals surface area contributed by atoms with Crippen molar-refractivity contribution in [3.8, 4) is 39.7 Å². The van der Waals surface area contributed by atoms with E-state index < -0.39 is 0 Å². The Labute approximate surface area is 213 Å². The fraction of sp³-hybridized carbons (Fsp3) is 0.0968. The SMILES string of the molecule is COc1cc(OC)c2c(=O)cc(-c3ccc(OCc4ccccc4)cc3)oc2c1-c1ccc(C=O)cc1. The van der Waals surface area contributed by atoms with E-state index in [1.807, 2.05) is 54.6 Å². The van der Waals surface area contributed by atoms with Gasteiger partial charge in [-0.2, -0.15) is 0 Å². The van der Waals surface area contributed by atoms with Crippen molar-refractivity contribution < 1.29 is 23.4 Å². The maximum Gasteiger partial charge on any atom is 0.197 e. The summed E-state index contributed by atoms with van der Waals surface area (Å²) in [6, 6.07) is 27.4. The lowest BCUT2D eigenvalue weighted by Crippen LogP contribution is -2.05. The molecular formula is C31H24O6. The Hall–Kier alpha value is -4.84. The van der Waals surface area contributed by atoms with Crippen LogP contribution >= 0.6 is 0 Å². The van der Waals surface area contributed by atoms with E-state index >= 15 is 0 Å². The molecule has 0 saturated heterocycles. The van der Waals surface area contributed by atoms with Gasteiger partial charge in [-0.15, -0.1) is 0 Å². The van der Waals surface area contributed by atoms with E-state index in [4.69, 9.17) is 18.6 Å². The minimum absolute atomic E-state index is 0.245. The summed E-state index contributed by atoms with van der Waals surface area (Å²) in [7, 11) is 3.04. The number of hydrogen-bond donors (Lipinski definition) is 0. The number of hydrogen-bond acceptors (Lipinski definition) is 6. The molecule has 0 aliphatic carbocycles. The summed E-state index contributed by atoms with van der Waals surface area (Å²) in [6.07, 6.45) is 0.776. The van der Waals surface area contributed by atoms with Gasteiger partial charge in [-0.05, 0) is 35.4 Å². The van der Waals surface area contributed by atoms with Crippen molar-refractivity contribution in [2.45, 2.75) is 6.61 Å². The highest BCUT2D eigenvalue weighted by molar-refractivity contribution is 6.00. The molecule has 37 heavy (non-hydrogen) atoms. The normalized spacial score (nSPS) is 10.8. The van der Waals surface area contributed by atoms with Gasteiger partial charge < -0.3 is 18.6 Å². The standard InChI is InChI=1S/C31H24O6/c1-34-27-17-28(35-2)30-25(33)16-26(37-31(30)29(27)23-10-8-20(18-32)9-11-23)22-12-14-24(15-13-22)36-19-21-6-4-3-5-7-21/h3-18H,19H2,1-2H3. The molecule has 0 spiro atoms. The third kappa shape index (κ3) is 4.82. The van der Waals surface area contributed by atoms with Gasteiger partial charge in [-0.25, -0.2) is 0 Å². The molecule has 1 heterocycles. The molecule has 0 atom stereocenters. The van der Waals surface area contributed by atoms with Crippen LogP contribution in [-0.4, -0.2) is 20.5 Å². The molecule has 0 aliphatic heterocycles. The van der Waals surface area contributed by atoms with Crippen molar-refractivity contribution in [3.63, 3.8) is 0 Å². The van der Waals surface area contributed by atoms with Crippen molar-refractivity contribution in [3.05, 3.63) is 112 Å². The molecule has 0 unspecified atom stereocenters. The molecule has 4 aromatic carbocycles. The lowest BCUT2D eigenvalue weighted by atomic mass is 9.99. The Morgan fingerprint density at radius 1 is 0.784 bits per heavy atom. The topological polar surface area (TPSA) is 75.0 Å². The van der Waals surface area contributed by atoms with Crippen LogP contribution < -0.4 is 19.6 Å². The minimum atomic E-state index is -0.245. The molecule has 0 saturated carbocycles. The molecule has 0 fully saturated rings. The Morgan fingerprint density at radius 2 is 1.46 bits per heavy atom. The van der Waals surface area contributed by atoms with Crippen LogP contribution in [-0.2, 0) is 6.61 Å². The number of carbonyl (C=O) groups is 1. The van der Waals surface area contributed by atoms with Crippen LogP contribution in [0.2, 0.25) is 0 Å². The highest BCUT2D eigenvalue weighted by Crippen LogP contribution is 2.42. The molecule has 6 nitrogen and oxygen atoms in total. The number of benzene rings is 4. The van der Waals surface area contributed by atoms with E-state index in [-0.39, 0.29) is 5.43 Å². The number of ether oxygens (including phenoxy) is 3.